The highest BCUT2D eigenvalue weighted by Crippen LogP contribution is 2.05. The van der Waals surface area contributed by atoms with Gasteiger partial charge in [-0.25, -0.2) is 4.79 Å². The predicted molar refractivity (Wildman–Crippen MR) is 64.1 cm³/mol. The predicted octanol–water partition coefficient (Wildman–Crippen LogP) is 0.396. The van der Waals surface area contributed by atoms with Gasteiger partial charge in [0.1, 0.15) is 13.1 Å². The fourth-order valence-corrected chi connectivity index (χ4v) is 1.33. The van der Waals surface area contributed by atoms with Gasteiger partial charge in [0.25, 0.3) is 0 Å². The van der Waals surface area contributed by atoms with Gasteiger partial charge in [0.05, 0.1) is 7.11 Å². The van der Waals surface area contributed by atoms with Gasteiger partial charge in [-0.15, -0.1) is 0 Å². The Hall–Kier alpha value is -1.79. The van der Waals surface area contributed by atoms with Crippen LogP contribution in [0.1, 0.15) is 20.8 Å². The Kier molecular flexibility index (Phi) is 6.77. The maximum atomic E-state index is 12.1. The number of aliphatic carboxylic acids is 1. The molecule has 0 radical (unpaired) electrons. The summed E-state index contributed by atoms with van der Waals surface area (Å²) in [5.74, 6) is -1.63. The fraction of sp³-hybridized carbons (Fsp3) is 0.727. The molecule has 18 heavy (non-hydrogen) atoms. The molecule has 0 saturated carbocycles. The van der Waals surface area contributed by atoms with Crippen molar-refractivity contribution in [2.75, 3.05) is 26.7 Å². The normalized spacial score (nSPS) is 10.1. The lowest BCUT2D eigenvalue weighted by Gasteiger charge is -2.31. The van der Waals surface area contributed by atoms with Crippen LogP contribution in [0.3, 0.4) is 0 Å². The molecule has 7 nitrogen and oxygen atoms in total. The molecule has 0 bridgehead atoms. The highest BCUT2D eigenvalue weighted by molar-refractivity contribution is 5.83. The Bertz CT molecular complexity index is 317. The monoisotopic (exact) mass is 260 g/mol. The number of methoxy groups -OCH3 is 1. The van der Waals surface area contributed by atoms with Crippen molar-refractivity contribution >= 4 is 18.0 Å². The molecule has 1 N–H and O–H groups in total. The zero-order valence-corrected chi connectivity index (χ0v) is 11.2. The molecule has 0 aliphatic rings. The van der Waals surface area contributed by atoms with Gasteiger partial charge in [-0.1, -0.05) is 0 Å². The second-order valence-electron chi connectivity index (χ2n) is 3.99. The number of nitrogens with zero attached hydrogens (tertiary/aromatic N) is 2. The molecule has 0 aromatic carbocycles. The van der Waals surface area contributed by atoms with Crippen LogP contribution in [-0.4, -0.2) is 65.7 Å². The maximum absolute atomic E-state index is 12.1. The van der Waals surface area contributed by atoms with E-state index < -0.39 is 18.0 Å². The highest BCUT2D eigenvalue weighted by Gasteiger charge is 2.25. The quantitative estimate of drug-likeness (QED) is 0.698. The van der Waals surface area contributed by atoms with E-state index in [2.05, 4.69) is 4.74 Å². The number of esters is 1. The molecule has 0 atom stereocenters. The van der Waals surface area contributed by atoms with Gasteiger partial charge in [0.15, 0.2) is 0 Å². The number of urea groups is 1. The van der Waals surface area contributed by atoms with E-state index in [1.807, 2.05) is 0 Å². The Morgan fingerprint density at radius 1 is 1.22 bits per heavy atom. The summed E-state index contributed by atoms with van der Waals surface area (Å²) in [5, 5.41) is 8.71. The van der Waals surface area contributed by atoms with Crippen molar-refractivity contribution in [1.29, 1.82) is 0 Å². The first kappa shape index (κ1) is 16.2. The van der Waals surface area contributed by atoms with E-state index in [1.54, 1.807) is 20.8 Å². The van der Waals surface area contributed by atoms with Crippen LogP contribution in [-0.2, 0) is 14.3 Å². The largest absolute Gasteiger partial charge is 0.480 e. The highest BCUT2D eigenvalue weighted by atomic mass is 16.5. The topological polar surface area (TPSA) is 87.2 Å². The molecule has 0 aromatic heterocycles. The summed E-state index contributed by atoms with van der Waals surface area (Å²) in [6.45, 7) is 4.85. The van der Waals surface area contributed by atoms with Crippen LogP contribution in [0.4, 0.5) is 4.79 Å². The summed E-state index contributed by atoms with van der Waals surface area (Å²) in [7, 11) is 1.24. The zero-order valence-electron chi connectivity index (χ0n) is 11.2. The summed E-state index contributed by atoms with van der Waals surface area (Å²) >= 11 is 0. The van der Waals surface area contributed by atoms with E-state index in [-0.39, 0.29) is 25.7 Å². The number of hydrogen-bond acceptors (Lipinski definition) is 4. The molecule has 0 aliphatic carbocycles. The fourth-order valence-electron chi connectivity index (χ4n) is 1.33. The summed E-state index contributed by atoms with van der Waals surface area (Å²) in [4.78, 5) is 36.4. The molecule has 0 spiro atoms. The van der Waals surface area contributed by atoms with E-state index in [0.717, 1.165) is 4.90 Å². The van der Waals surface area contributed by atoms with E-state index in [9.17, 15) is 14.4 Å². The lowest BCUT2D eigenvalue weighted by Crippen LogP contribution is -2.50. The van der Waals surface area contributed by atoms with E-state index in [0.29, 0.717) is 0 Å². The average Bonchev–Trinajstić information content (AvgIpc) is 2.31. The SMILES string of the molecule is CCN(CC(=O)O)C(=O)N(CC(=O)OC)C(C)C. The van der Waals surface area contributed by atoms with Crippen LogP contribution < -0.4 is 0 Å². The molecule has 7 heteroatoms. The molecule has 0 aromatic rings. The first-order valence-electron chi connectivity index (χ1n) is 5.67. The number of ether oxygens (including phenoxy) is 1. The smallest absolute Gasteiger partial charge is 0.325 e. The Morgan fingerprint density at radius 3 is 2.11 bits per heavy atom. The molecule has 2 amide bonds. The second-order valence-corrected chi connectivity index (χ2v) is 3.99. The lowest BCUT2D eigenvalue weighted by molar-refractivity contribution is -0.141. The van der Waals surface area contributed by atoms with Crippen LogP contribution in [0.5, 0.6) is 0 Å². The maximum Gasteiger partial charge on any atom is 0.325 e. The van der Waals surface area contributed by atoms with Crippen LogP contribution in [0.25, 0.3) is 0 Å². The van der Waals surface area contributed by atoms with Crippen LogP contribution in [0.15, 0.2) is 0 Å². The molecule has 104 valence electrons. The number of hydrogen-bond donors (Lipinski definition) is 1. The number of likely N-dealkylation sites (N-methyl/N-ethyl adjacent to an activating group) is 1. The Balaban J connectivity index is 4.82. The molecule has 0 heterocycles. The van der Waals surface area contributed by atoms with Gasteiger partial charge in [-0.3, -0.25) is 9.59 Å². The van der Waals surface area contributed by atoms with Crippen LogP contribution >= 0.6 is 0 Å². The van der Waals surface area contributed by atoms with Crippen molar-refractivity contribution in [2.45, 2.75) is 26.8 Å². The van der Waals surface area contributed by atoms with Crippen molar-refractivity contribution in [1.82, 2.24) is 9.80 Å². The molecule has 0 fully saturated rings. The third-order valence-corrected chi connectivity index (χ3v) is 2.37. The van der Waals surface area contributed by atoms with E-state index in [1.165, 1.54) is 12.0 Å². The van der Waals surface area contributed by atoms with E-state index in [4.69, 9.17) is 5.11 Å². The van der Waals surface area contributed by atoms with Crippen molar-refractivity contribution in [2.24, 2.45) is 0 Å². The average molecular weight is 260 g/mol. The minimum absolute atomic E-state index is 0.191. The minimum atomic E-state index is -1.09. The van der Waals surface area contributed by atoms with Gasteiger partial charge >= 0.3 is 18.0 Å². The summed E-state index contributed by atoms with van der Waals surface area (Å²) < 4.78 is 4.51. The molecule has 0 unspecified atom stereocenters. The molecular weight excluding hydrogens is 240 g/mol. The van der Waals surface area contributed by atoms with Crippen LogP contribution in [0.2, 0.25) is 0 Å². The molecule has 0 aliphatic heterocycles. The molecule has 0 rings (SSSR count). The van der Waals surface area contributed by atoms with Gasteiger partial charge in [-0.05, 0) is 20.8 Å². The van der Waals surface area contributed by atoms with Crippen LogP contribution in [0, 0.1) is 0 Å². The lowest BCUT2D eigenvalue weighted by atomic mass is 10.3. The van der Waals surface area contributed by atoms with Gasteiger partial charge in [-0.2, -0.15) is 0 Å². The van der Waals surface area contributed by atoms with Crippen molar-refractivity contribution in [3.63, 3.8) is 0 Å². The van der Waals surface area contributed by atoms with E-state index >= 15 is 0 Å². The number of amides is 2. The van der Waals surface area contributed by atoms with Crippen molar-refractivity contribution in [3.05, 3.63) is 0 Å². The summed E-state index contributed by atoms with van der Waals surface area (Å²) in [6.07, 6.45) is 0. The number of carbonyl (C=O) groups is 3. The Morgan fingerprint density at radius 2 is 1.78 bits per heavy atom. The summed E-state index contributed by atoms with van der Waals surface area (Å²) in [5.41, 5.74) is 0. The van der Waals surface area contributed by atoms with Crippen molar-refractivity contribution in [3.8, 4) is 0 Å². The number of rotatable bonds is 6. The van der Waals surface area contributed by atoms with Gasteiger partial charge in [0.2, 0.25) is 0 Å². The first-order valence-corrected chi connectivity index (χ1v) is 5.67. The molecular formula is C11H20N2O5. The van der Waals surface area contributed by atoms with Gasteiger partial charge in [0, 0.05) is 12.6 Å². The zero-order chi connectivity index (χ0) is 14.3. The summed E-state index contributed by atoms with van der Waals surface area (Å²) in [6, 6.07) is -0.709. The third kappa shape index (κ3) is 5.03. The Labute approximate surface area is 106 Å². The van der Waals surface area contributed by atoms with Crippen molar-refractivity contribution < 1.29 is 24.2 Å². The first-order chi connectivity index (χ1) is 8.33. The second kappa shape index (κ2) is 7.52. The number of carboxylic acids is 1. The number of carbonyl (C=O) groups excluding carboxylic acids is 2. The van der Waals surface area contributed by atoms with Gasteiger partial charge < -0.3 is 19.6 Å². The molecule has 0 saturated heterocycles. The standard InChI is InChI=1S/C11H20N2O5/c1-5-12(6-9(14)15)11(17)13(8(2)3)7-10(16)18-4/h8H,5-7H2,1-4H3,(H,14,15). The minimum Gasteiger partial charge on any atom is -0.480 e. The third-order valence-electron chi connectivity index (χ3n) is 2.37. The number of carboxylic acid groups (broad SMARTS) is 1.